The predicted molar refractivity (Wildman–Crippen MR) is 130 cm³/mol. The van der Waals surface area contributed by atoms with Crippen LogP contribution in [0.25, 0.3) is 50.2 Å². The van der Waals surface area contributed by atoms with Crippen LogP contribution in [0.1, 0.15) is 25.0 Å². The van der Waals surface area contributed by atoms with Crippen LogP contribution in [0.3, 0.4) is 0 Å². The molecule has 30 heavy (non-hydrogen) atoms. The molecular weight excluding hydrogens is 362 g/mol. The minimum atomic E-state index is -0.153. The number of hydrogen-bond donors (Lipinski definition) is 1. The molecule has 1 aliphatic carbocycles. The van der Waals surface area contributed by atoms with Crippen LogP contribution in [-0.2, 0) is 5.41 Å². The summed E-state index contributed by atoms with van der Waals surface area (Å²) in [6, 6.07) is 26.1. The van der Waals surface area contributed by atoms with E-state index in [1.54, 1.807) is 0 Å². The lowest BCUT2D eigenvalue weighted by molar-refractivity contribution is 0.708. The summed E-state index contributed by atoms with van der Waals surface area (Å²) in [5.74, 6) is 0. The summed E-state index contributed by atoms with van der Waals surface area (Å²) in [4.78, 5) is 3.75. The van der Waals surface area contributed by atoms with Crippen LogP contribution < -0.4 is 10.6 Å². The maximum absolute atomic E-state index is 4.54. The summed E-state index contributed by atoms with van der Waals surface area (Å²) < 4.78 is 0. The molecule has 0 saturated heterocycles. The lowest BCUT2D eigenvalue weighted by atomic mass is 9.81. The van der Waals surface area contributed by atoms with Crippen molar-refractivity contribution in [1.82, 2.24) is 4.98 Å². The highest BCUT2D eigenvalue weighted by Gasteiger charge is 2.38. The van der Waals surface area contributed by atoms with Crippen molar-refractivity contribution in [3.8, 4) is 0 Å². The average Bonchev–Trinajstić information content (AvgIpc) is 3.18. The number of fused-ring (bicyclic) bond motifs is 5. The van der Waals surface area contributed by atoms with Crippen molar-refractivity contribution in [1.29, 1.82) is 0 Å². The summed E-state index contributed by atoms with van der Waals surface area (Å²) >= 11 is 0. The van der Waals surface area contributed by atoms with Gasteiger partial charge in [-0.05, 0) is 50.6 Å². The fourth-order valence-electron chi connectivity index (χ4n) is 5.32. The molecule has 4 aromatic carbocycles. The molecule has 0 spiro atoms. The van der Waals surface area contributed by atoms with Crippen molar-refractivity contribution in [3.05, 3.63) is 101 Å². The van der Waals surface area contributed by atoms with Crippen molar-refractivity contribution < 1.29 is 0 Å². The molecule has 5 aromatic rings. The third-order valence-electron chi connectivity index (χ3n) is 6.87. The first-order valence-electron chi connectivity index (χ1n) is 10.4. The Morgan fingerprint density at radius 1 is 0.733 bits per heavy atom. The minimum Gasteiger partial charge on any atom is -0.354 e. The van der Waals surface area contributed by atoms with Gasteiger partial charge in [0, 0.05) is 21.4 Å². The second kappa shape index (κ2) is 5.73. The van der Waals surface area contributed by atoms with Crippen molar-refractivity contribution in [2.75, 3.05) is 0 Å². The second-order valence-corrected chi connectivity index (χ2v) is 8.91. The lowest BCUT2D eigenvalue weighted by Gasteiger charge is -2.22. The molecular formula is C29H23N. The molecule has 1 N–H and O–H groups in total. The molecule has 1 nitrogen and oxygen atoms in total. The monoisotopic (exact) mass is 385 g/mol. The topological polar surface area (TPSA) is 15.8 Å². The number of nitrogens with one attached hydrogen (secondary N) is 1. The van der Waals surface area contributed by atoms with Gasteiger partial charge in [0.2, 0.25) is 0 Å². The minimum absolute atomic E-state index is 0.153. The van der Waals surface area contributed by atoms with Crippen LogP contribution >= 0.6 is 0 Å². The number of rotatable bonds is 0. The molecule has 0 radical (unpaired) electrons. The Balaban J connectivity index is 1.74. The molecule has 0 saturated carbocycles. The van der Waals surface area contributed by atoms with Gasteiger partial charge in [0.1, 0.15) is 0 Å². The Kier molecular flexibility index (Phi) is 3.30. The molecule has 0 atom stereocenters. The van der Waals surface area contributed by atoms with Gasteiger partial charge in [-0.25, -0.2) is 0 Å². The lowest BCUT2D eigenvalue weighted by Crippen LogP contribution is -2.30. The van der Waals surface area contributed by atoms with E-state index in [0.29, 0.717) is 0 Å². The zero-order valence-electron chi connectivity index (χ0n) is 17.3. The van der Waals surface area contributed by atoms with Gasteiger partial charge in [-0.1, -0.05) is 87.7 Å². The molecule has 0 bridgehead atoms. The fraction of sp³-hybridized carbons (Fsp3) is 0.103. The molecule has 0 fully saturated rings. The number of benzene rings is 4. The Hall–Kier alpha value is -3.58. The summed E-state index contributed by atoms with van der Waals surface area (Å²) in [5, 5.41) is 8.34. The van der Waals surface area contributed by atoms with Crippen molar-refractivity contribution in [2.24, 2.45) is 0 Å². The zero-order chi connectivity index (χ0) is 20.6. The number of allylic oxidation sites excluding steroid dienone is 1. The van der Waals surface area contributed by atoms with Crippen molar-refractivity contribution in [2.45, 2.75) is 19.3 Å². The van der Waals surface area contributed by atoms with Gasteiger partial charge < -0.3 is 4.98 Å². The van der Waals surface area contributed by atoms with E-state index in [1.165, 1.54) is 43.6 Å². The Bertz CT molecular complexity index is 1640. The summed E-state index contributed by atoms with van der Waals surface area (Å²) in [5.41, 5.74) is 5.94. The number of H-pyrrole nitrogens is 1. The predicted octanol–water partition coefficient (Wildman–Crippen LogP) is 6.04. The molecule has 1 aromatic heterocycles. The maximum atomic E-state index is 4.54. The molecule has 0 aliphatic heterocycles. The average molecular weight is 386 g/mol. The smallest absolute Gasteiger partial charge is 0.0544 e. The summed E-state index contributed by atoms with van der Waals surface area (Å²) in [7, 11) is 0. The number of hydrogen-bond acceptors (Lipinski definition) is 0. The first kappa shape index (κ1) is 17.3. The molecule has 1 heterocycles. The third-order valence-corrected chi connectivity index (χ3v) is 6.87. The van der Waals surface area contributed by atoms with Gasteiger partial charge in [0.05, 0.1) is 10.9 Å². The standard InChI is InChI=1S/C29H23N/c1-17-24-15-20-10-5-6-11-21(20)16-25(24)29(3,4)26(17)27-18(2)22-14-13-19-9-7-8-12-23(19)28(22)30-27/h5-16,30H,1-2H2,3-4H3/b27-26-. The van der Waals surface area contributed by atoms with E-state index in [4.69, 9.17) is 0 Å². The molecule has 1 aliphatic rings. The van der Waals surface area contributed by atoms with Crippen LogP contribution in [-0.4, -0.2) is 4.98 Å². The molecule has 0 amide bonds. The van der Waals surface area contributed by atoms with E-state index in [2.05, 4.69) is 105 Å². The normalized spacial score (nSPS) is 17.2. The number of aromatic nitrogens is 1. The Morgan fingerprint density at radius 2 is 1.40 bits per heavy atom. The third kappa shape index (κ3) is 2.12. The first-order chi connectivity index (χ1) is 14.5. The van der Waals surface area contributed by atoms with E-state index in [1.807, 2.05) is 0 Å². The number of aromatic amines is 1. The SMILES string of the molecule is C=C1/C(=c2/[nH]c3c(ccc4ccccc43)c2=C)C(C)(C)c2cc3ccccc3cc21. The fourth-order valence-corrected chi connectivity index (χ4v) is 5.32. The molecule has 144 valence electrons. The van der Waals surface area contributed by atoms with E-state index in [0.717, 1.165) is 21.7 Å². The molecule has 0 unspecified atom stereocenters. The molecule has 1 heteroatoms. The van der Waals surface area contributed by atoms with Crippen LogP contribution in [0.4, 0.5) is 0 Å². The molecule has 6 rings (SSSR count). The maximum Gasteiger partial charge on any atom is 0.0544 e. The van der Waals surface area contributed by atoms with Crippen LogP contribution in [0, 0.1) is 0 Å². The van der Waals surface area contributed by atoms with Gasteiger partial charge in [-0.3, -0.25) is 0 Å². The second-order valence-electron chi connectivity index (χ2n) is 8.91. The van der Waals surface area contributed by atoms with Crippen LogP contribution in [0.5, 0.6) is 0 Å². The van der Waals surface area contributed by atoms with E-state index in [9.17, 15) is 0 Å². The highest BCUT2D eigenvalue weighted by molar-refractivity contribution is 6.11. The first-order valence-corrected chi connectivity index (χ1v) is 10.4. The van der Waals surface area contributed by atoms with E-state index >= 15 is 0 Å². The van der Waals surface area contributed by atoms with Crippen molar-refractivity contribution >= 4 is 50.2 Å². The highest BCUT2D eigenvalue weighted by atomic mass is 14.7. The Morgan fingerprint density at radius 3 is 2.17 bits per heavy atom. The van der Waals surface area contributed by atoms with Gasteiger partial charge in [-0.15, -0.1) is 0 Å². The summed E-state index contributed by atoms with van der Waals surface area (Å²) in [6.45, 7) is 13.6. The summed E-state index contributed by atoms with van der Waals surface area (Å²) in [6.07, 6.45) is 0. The van der Waals surface area contributed by atoms with Gasteiger partial charge in [0.15, 0.2) is 0 Å². The van der Waals surface area contributed by atoms with Gasteiger partial charge >= 0.3 is 0 Å². The van der Waals surface area contributed by atoms with Gasteiger partial charge in [0.25, 0.3) is 0 Å². The van der Waals surface area contributed by atoms with Crippen LogP contribution in [0.2, 0.25) is 0 Å². The largest absolute Gasteiger partial charge is 0.354 e. The van der Waals surface area contributed by atoms with E-state index in [-0.39, 0.29) is 5.41 Å². The van der Waals surface area contributed by atoms with Gasteiger partial charge in [-0.2, -0.15) is 0 Å². The highest BCUT2D eigenvalue weighted by Crippen LogP contribution is 2.50. The quantitative estimate of drug-likeness (QED) is 0.334. The van der Waals surface area contributed by atoms with E-state index < -0.39 is 0 Å². The van der Waals surface area contributed by atoms with Crippen LogP contribution in [0.15, 0.2) is 79.4 Å². The van der Waals surface area contributed by atoms with Crippen molar-refractivity contribution in [3.63, 3.8) is 0 Å². The Labute approximate surface area is 175 Å². The zero-order valence-corrected chi connectivity index (χ0v) is 17.3.